The maximum absolute atomic E-state index is 8.65. The molecule has 0 fully saturated rings. The first-order valence-electron chi connectivity index (χ1n) is 3.91. The van der Waals surface area contributed by atoms with Crippen LogP contribution in [0.2, 0.25) is 0 Å². The number of halogens is 1. The number of aromatic nitrogens is 2. The first-order chi connectivity index (χ1) is 5.77. The summed E-state index contributed by atoms with van der Waals surface area (Å²) in [4.78, 5) is 0. The summed E-state index contributed by atoms with van der Waals surface area (Å²) in [6.45, 7) is 3.05. The van der Waals surface area contributed by atoms with Gasteiger partial charge in [0, 0.05) is 12.7 Å². The van der Waals surface area contributed by atoms with Crippen LogP contribution >= 0.6 is 22.6 Å². The van der Waals surface area contributed by atoms with Gasteiger partial charge in [-0.15, -0.1) is 0 Å². The molecule has 0 bridgehead atoms. The van der Waals surface area contributed by atoms with E-state index in [-0.39, 0.29) is 0 Å². The first-order valence-corrected chi connectivity index (χ1v) is 4.99. The zero-order valence-electron chi connectivity index (χ0n) is 6.92. The molecule has 1 aromatic heterocycles. The molecular weight excluding hydrogens is 265 g/mol. The van der Waals surface area contributed by atoms with E-state index in [2.05, 4.69) is 40.7 Å². The molecule has 0 aromatic carbocycles. The molecule has 0 aliphatic rings. The Balaban J connectivity index is 2.70. The number of hydrogen-bond donors (Lipinski definition) is 0. The topological polar surface area (TPSA) is 41.6 Å². The minimum atomic E-state index is 0.673. The molecule has 0 saturated carbocycles. The highest BCUT2D eigenvalue weighted by molar-refractivity contribution is 14.1. The summed E-state index contributed by atoms with van der Waals surface area (Å²) in [7, 11) is 0. The van der Waals surface area contributed by atoms with E-state index in [1.807, 2.05) is 4.68 Å². The number of nitrogens with zero attached hydrogens (tertiary/aromatic N) is 3. The van der Waals surface area contributed by atoms with Gasteiger partial charge in [-0.25, -0.2) is 0 Å². The monoisotopic (exact) mass is 275 g/mol. The molecule has 3 nitrogen and oxygen atoms in total. The van der Waals surface area contributed by atoms with Crippen molar-refractivity contribution >= 4 is 22.6 Å². The molecule has 0 saturated heterocycles. The summed E-state index contributed by atoms with van der Waals surface area (Å²) < 4.78 is 2.63. The summed E-state index contributed by atoms with van der Waals surface area (Å²) in [5.74, 6) is 0. The van der Waals surface area contributed by atoms with Crippen molar-refractivity contribution in [2.24, 2.45) is 0 Å². The van der Waals surface area contributed by atoms with Gasteiger partial charge in [0.1, 0.15) is 15.3 Å². The van der Waals surface area contributed by atoms with Crippen molar-refractivity contribution in [2.45, 2.75) is 26.3 Å². The van der Waals surface area contributed by atoms with Crippen LogP contribution in [0.5, 0.6) is 0 Å². The van der Waals surface area contributed by atoms with E-state index in [4.69, 9.17) is 5.26 Å². The Hall–Kier alpha value is -0.570. The van der Waals surface area contributed by atoms with Crippen LogP contribution in [-0.2, 0) is 6.54 Å². The molecule has 0 aliphatic heterocycles. The van der Waals surface area contributed by atoms with Gasteiger partial charge in [-0.2, -0.15) is 10.4 Å². The van der Waals surface area contributed by atoms with E-state index in [1.54, 1.807) is 6.20 Å². The van der Waals surface area contributed by atoms with Crippen LogP contribution in [-0.4, -0.2) is 9.78 Å². The summed E-state index contributed by atoms with van der Waals surface area (Å²) in [6, 6.07) is 2.10. The van der Waals surface area contributed by atoms with Gasteiger partial charge in [0.2, 0.25) is 0 Å². The van der Waals surface area contributed by atoms with Crippen LogP contribution in [0.3, 0.4) is 0 Å². The number of unbranched alkanes of at least 4 members (excludes halogenated alkanes) is 1. The zero-order valence-corrected chi connectivity index (χ0v) is 9.08. The minimum absolute atomic E-state index is 0.673. The molecule has 4 heteroatoms. The van der Waals surface area contributed by atoms with E-state index in [9.17, 15) is 0 Å². The number of aryl methyl sites for hydroxylation is 1. The summed E-state index contributed by atoms with van der Waals surface area (Å²) in [6.07, 6.45) is 4.07. The molecule has 12 heavy (non-hydrogen) atoms. The average Bonchev–Trinajstić information content (AvgIpc) is 2.43. The van der Waals surface area contributed by atoms with Gasteiger partial charge in [0.25, 0.3) is 0 Å². The Labute approximate surface area is 85.5 Å². The van der Waals surface area contributed by atoms with Crippen molar-refractivity contribution in [2.75, 3.05) is 0 Å². The van der Waals surface area contributed by atoms with E-state index in [0.29, 0.717) is 5.56 Å². The van der Waals surface area contributed by atoms with E-state index in [1.165, 1.54) is 0 Å². The highest BCUT2D eigenvalue weighted by atomic mass is 127. The van der Waals surface area contributed by atoms with Crippen LogP contribution in [0.4, 0.5) is 0 Å². The summed E-state index contributed by atoms with van der Waals surface area (Å²) >= 11 is 2.08. The smallest absolute Gasteiger partial charge is 0.141 e. The maximum Gasteiger partial charge on any atom is 0.141 e. The van der Waals surface area contributed by atoms with Gasteiger partial charge >= 0.3 is 0 Å². The van der Waals surface area contributed by atoms with Gasteiger partial charge < -0.3 is 0 Å². The molecule has 1 rings (SSSR count). The summed E-state index contributed by atoms with van der Waals surface area (Å²) in [5, 5.41) is 12.8. The quantitative estimate of drug-likeness (QED) is 0.793. The Morgan fingerprint density at radius 2 is 2.50 bits per heavy atom. The fourth-order valence-corrected chi connectivity index (χ4v) is 1.44. The fraction of sp³-hybridized carbons (Fsp3) is 0.500. The molecular formula is C8H10IN3. The predicted octanol–water partition coefficient (Wildman–Crippen LogP) is 2.16. The molecule has 0 amide bonds. The highest BCUT2D eigenvalue weighted by Gasteiger charge is 2.03. The lowest BCUT2D eigenvalue weighted by atomic mass is 10.3. The van der Waals surface area contributed by atoms with Gasteiger partial charge in [0.05, 0.1) is 0 Å². The van der Waals surface area contributed by atoms with Crippen LogP contribution in [0, 0.1) is 15.0 Å². The fourth-order valence-electron chi connectivity index (χ4n) is 0.907. The van der Waals surface area contributed by atoms with E-state index in [0.717, 1.165) is 23.1 Å². The SMILES string of the molecule is CCCCn1cc(C#N)c(I)n1. The average molecular weight is 275 g/mol. The summed E-state index contributed by atoms with van der Waals surface area (Å²) in [5.41, 5.74) is 0.673. The second-order valence-electron chi connectivity index (χ2n) is 2.56. The molecule has 0 N–H and O–H groups in total. The van der Waals surface area contributed by atoms with Gasteiger partial charge in [-0.1, -0.05) is 13.3 Å². The van der Waals surface area contributed by atoms with Crippen molar-refractivity contribution in [3.63, 3.8) is 0 Å². The molecule has 1 aromatic rings. The lowest BCUT2D eigenvalue weighted by Crippen LogP contribution is -1.97. The minimum Gasteiger partial charge on any atom is -0.270 e. The molecule has 0 radical (unpaired) electrons. The molecule has 0 spiro atoms. The Kier molecular flexibility index (Phi) is 3.53. The van der Waals surface area contributed by atoms with Crippen LogP contribution in [0.25, 0.3) is 0 Å². The second-order valence-corrected chi connectivity index (χ2v) is 3.58. The number of nitriles is 1. The van der Waals surface area contributed by atoms with E-state index < -0.39 is 0 Å². The lowest BCUT2D eigenvalue weighted by molar-refractivity contribution is 0.569. The van der Waals surface area contributed by atoms with Crippen LogP contribution < -0.4 is 0 Å². The Bertz CT molecular complexity index is 298. The lowest BCUT2D eigenvalue weighted by Gasteiger charge is -1.96. The molecule has 64 valence electrons. The van der Waals surface area contributed by atoms with Crippen LogP contribution in [0.1, 0.15) is 25.3 Å². The maximum atomic E-state index is 8.65. The molecule has 0 atom stereocenters. The van der Waals surface area contributed by atoms with E-state index >= 15 is 0 Å². The molecule has 1 heterocycles. The Morgan fingerprint density at radius 1 is 1.75 bits per heavy atom. The second kappa shape index (κ2) is 4.45. The van der Waals surface area contributed by atoms with Crippen molar-refractivity contribution in [1.82, 2.24) is 9.78 Å². The Morgan fingerprint density at radius 3 is 3.00 bits per heavy atom. The van der Waals surface area contributed by atoms with Gasteiger partial charge in [-0.3, -0.25) is 4.68 Å². The third-order valence-corrected chi connectivity index (χ3v) is 2.37. The first kappa shape index (κ1) is 9.52. The van der Waals surface area contributed by atoms with Crippen molar-refractivity contribution in [1.29, 1.82) is 5.26 Å². The van der Waals surface area contributed by atoms with Gasteiger partial charge in [-0.05, 0) is 29.0 Å². The number of hydrogen-bond acceptors (Lipinski definition) is 2. The van der Waals surface area contributed by atoms with Crippen molar-refractivity contribution < 1.29 is 0 Å². The normalized spacial score (nSPS) is 9.75. The largest absolute Gasteiger partial charge is 0.270 e. The third kappa shape index (κ3) is 2.21. The van der Waals surface area contributed by atoms with Crippen molar-refractivity contribution in [3.05, 3.63) is 15.5 Å². The molecule has 0 aliphatic carbocycles. The zero-order chi connectivity index (χ0) is 8.97. The van der Waals surface area contributed by atoms with Crippen LogP contribution in [0.15, 0.2) is 6.20 Å². The predicted molar refractivity (Wildman–Crippen MR) is 54.6 cm³/mol. The third-order valence-electron chi connectivity index (χ3n) is 1.58. The standard InChI is InChI=1S/C8H10IN3/c1-2-3-4-12-6-7(5-10)8(9)11-12/h6H,2-4H2,1H3. The number of rotatable bonds is 3. The molecule has 0 unspecified atom stereocenters. The van der Waals surface area contributed by atoms with Gasteiger partial charge in [0.15, 0.2) is 0 Å². The van der Waals surface area contributed by atoms with Crippen molar-refractivity contribution in [3.8, 4) is 6.07 Å². The highest BCUT2D eigenvalue weighted by Crippen LogP contribution is 2.08.